The van der Waals surface area contributed by atoms with E-state index in [0.29, 0.717) is 22.2 Å². The van der Waals surface area contributed by atoms with Crippen LogP contribution >= 0.6 is 27.3 Å². The molecule has 1 atom stereocenters. The van der Waals surface area contributed by atoms with Crippen molar-refractivity contribution in [3.05, 3.63) is 86.9 Å². The molecule has 1 aromatic heterocycles. The highest BCUT2D eigenvalue weighted by Gasteiger charge is 2.33. The van der Waals surface area contributed by atoms with E-state index in [1.165, 1.54) is 34.7 Å². The molecule has 1 aliphatic rings. The minimum absolute atomic E-state index is 0.0237. The van der Waals surface area contributed by atoms with Gasteiger partial charge in [-0.1, -0.05) is 39.4 Å². The van der Waals surface area contributed by atoms with Crippen LogP contribution in [0.15, 0.2) is 76.3 Å². The Bertz CT molecular complexity index is 1420. The van der Waals surface area contributed by atoms with E-state index in [-0.39, 0.29) is 12.3 Å². The van der Waals surface area contributed by atoms with Gasteiger partial charge in [-0.15, -0.1) is 0 Å². The Labute approximate surface area is 205 Å². The zero-order valence-electron chi connectivity index (χ0n) is 17.3. The summed E-state index contributed by atoms with van der Waals surface area (Å²) < 4.78 is 13.4. The number of thiazole rings is 1. The molecule has 0 aliphatic carbocycles. The first-order chi connectivity index (χ1) is 16.5. The van der Waals surface area contributed by atoms with Crippen LogP contribution in [0.1, 0.15) is 5.56 Å². The quantitative estimate of drug-likeness (QED) is 0.197. The summed E-state index contributed by atoms with van der Waals surface area (Å²) in [6, 6.07) is 18.6. The monoisotopic (exact) mass is 538 g/mol. The predicted molar refractivity (Wildman–Crippen MR) is 132 cm³/mol. The number of benzene rings is 3. The highest BCUT2D eigenvalue weighted by Crippen LogP contribution is 2.34. The Morgan fingerprint density at radius 2 is 1.94 bits per heavy atom. The van der Waals surface area contributed by atoms with E-state index in [9.17, 15) is 14.9 Å². The van der Waals surface area contributed by atoms with Crippen molar-refractivity contribution in [3.8, 4) is 11.5 Å². The number of carbonyl (C=O) groups is 1. The molecule has 0 saturated heterocycles. The second-order valence-electron chi connectivity index (χ2n) is 7.22. The molecule has 4 aromatic rings. The number of hydrogen-bond donors (Lipinski definition) is 0. The summed E-state index contributed by atoms with van der Waals surface area (Å²) in [5, 5.41) is 16.8. The number of nitro groups is 1. The van der Waals surface area contributed by atoms with Crippen LogP contribution in [0.2, 0.25) is 0 Å². The fourth-order valence-electron chi connectivity index (χ4n) is 3.26. The van der Waals surface area contributed by atoms with Gasteiger partial charge in [0.1, 0.15) is 6.61 Å². The van der Waals surface area contributed by atoms with E-state index in [2.05, 4.69) is 26.0 Å². The highest BCUT2D eigenvalue weighted by atomic mass is 79.9. The summed E-state index contributed by atoms with van der Waals surface area (Å²) in [7, 11) is 0. The molecule has 9 nitrogen and oxygen atoms in total. The van der Waals surface area contributed by atoms with Crippen molar-refractivity contribution in [3.63, 3.8) is 0 Å². The number of nitrogens with zero attached hydrogens (tertiary/aromatic N) is 4. The molecule has 11 heteroatoms. The first kappa shape index (κ1) is 22.0. The smallest absolute Gasteiger partial charge is 0.294 e. The van der Waals surface area contributed by atoms with Crippen LogP contribution in [0.5, 0.6) is 11.5 Å². The zero-order chi connectivity index (χ0) is 23.7. The zero-order valence-corrected chi connectivity index (χ0v) is 19.7. The maximum atomic E-state index is 13.5. The number of nitro benzene ring substituents is 1. The number of non-ortho nitro benzene ring substituents is 1. The van der Waals surface area contributed by atoms with Crippen LogP contribution < -0.4 is 14.5 Å². The fourth-order valence-corrected chi connectivity index (χ4v) is 4.74. The van der Waals surface area contributed by atoms with Gasteiger partial charge in [0.2, 0.25) is 11.2 Å². The topological polar surface area (TPSA) is 107 Å². The lowest BCUT2D eigenvalue weighted by Crippen LogP contribution is -2.44. The van der Waals surface area contributed by atoms with E-state index < -0.39 is 16.9 Å². The maximum absolute atomic E-state index is 13.5. The number of fused-ring (bicyclic) bond motifs is 2. The summed E-state index contributed by atoms with van der Waals surface area (Å²) in [6.07, 6.45) is 0.518. The van der Waals surface area contributed by atoms with E-state index in [0.717, 1.165) is 14.7 Å². The van der Waals surface area contributed by atoms with Crippen LogP contribution in [0.25, 0.3) is 10.2 Å². The standard InChI is InChI=1S/C23H15BrN4O5S/c24-15-7-10-17-21(11-15)34-23(26-17)27(25-12-14-5-8-16(9-6-14)28(30)31)22(29)20-13-32-18-3-1-2-4-19(18)33-20/h1-12,20H,13H2/b25-12+. The van der Waals surface area contributed by atoms with Crippen LogP contribution in [0.4, 0.5) is 10.8 Å². The van der Waals surface area contributed by atoms with E-state index in [4.69, 9.17) is 9.47 Å². The van der Waals surface area contributed by atoms with Crippen molar-refractivity contribution in [2.75, 3.05) is 11.6 Å². The molecule has 2 heterocycles. The Morgan fingerprint density at radius 1 is 1.18 bits per heavy atom. The Balaban J connectivity index is 1.48. The van der Waals surface area contributed by atoms with Crippen molar-refractivity contribution >= 4 is 60.4 Å². The number of hydrogen-bond acceptors (Lipinski definition) is 8. The number of anilines is 1. The highest BCUT2D eigenvalue weighted by molar-refractivity contribution is 9.10. The van der Waals surface area contributed by atoms with Crippen LogP contribution in [0.3, 0.4) is 0 Å². The number of rotatable bonds is 5. The van der Waals surface area contributed by atoms with Crippen LogP contribution in [0, 0.1) is 10.1 Å². The average Bonchev–Trinajstić information content (AvgIpc) is 3.26. The number of halogens is 1. The minimum Gasteiger partial charge on any atom is -0.485 e. The number of aromatic nitrogens is 1. The number of ether oxygens (including phenoxy) is 2. The van der Waals surface area contributed by atoms with Gasteiger partial charge in [0.05, 0.1) is 21.4 Å². The van der Waals surface area contributed by atoms with Gasteiger partial charge in [-0.3, -0.25) is 14.9 Å². The molecule has 0 N–H and O–H groups in total. The molecule has 170 valence electrons. The lowest BCUT2D eigenvalue weighted by molar-refractivity contribution is -0.384. The summed E-state index contributed by atoms with van der Waals surface area (Å²) in [6.45, 7) is 0.0237. The van der Waals surface area contributed by atoms with Gasteiger partial charge in [-0.2, -0.15) is 10.1 Å². The van der Waals surface area contributed by atoms with E-state index in [1.54, 1.807) is 30.3 Å². The Hall–Kier alpha value is -3.83. The summed E-state index contributed by atoms with van der Waals surface area (Å²) in [5.41, 5.74) is 1.27. The maximum Gasteiger partial charge on any atom is 0.294 e. The third kappa shape index (κ3) is 4.47. The number of amides is 1. The fraction of sp³-hybridized carbons (Fsp3) is 0.0870. The minimum atomic E-state index is -0.928. The molecule has 0 fully saturated rings. The van der Waals surface area contributed by atoms with E-state index >= 15 is 0 Å². The van der Waals surface area contributed by atoms with Gasteiger partial charge in [-0.05, 0) is 48.0 Å². The van der Waals surface area contributed by atoms with Gasteiger partial charge in [0.15, 0.2) is 11.5 Å². The SMILES string of the molecule is O=C(C1COc2ccccc2O1)N(/N=C/c1ccc([N+](=O)[O-])cc1)c1nc2ccc(Br)cc2s1. The molecule has 3 aromatic carbocycles. The molecular weight excluding hydrogens is 524 g/mol. The van der Waals surface area contributed by atoms with Crippen LogP contribution in [-0.4, -0.2) is 34.7 Å². The molecule has 5 rings (SSSR count). The molecular formula is C23H15BrN4O5S. The van der Waals surface area contributed by atoms with Gasteiger partial charge >= 0.3 is 0 Å². The molecule has 34 heavy (non-hydrogen) atoms. The van der Waals surface area contributed by atoms with Gasteiger partial charge in [0, 0.05) is 16.6 Å². The van der Waals surface area contributed by atoms with Gasteiger partial charge in [-0.25, -0.2) is 4.98 Å². The van der Waals surface area contributed by atoms with Crippen LogP contribution in [-0.2, 0) is 4.79 Å². The summed E-state index contributed by atoms with van der Waals surface area (Å²) >= 11 is 4.75. The van der Waals surface area contributed by atoms with E-state index in [1.807, 2.05) is 24.3 Å². The van der Waals surface area contributed by atoms with Gasteiger partial charge < -0.3 is 9.47 Å². The molecule has 0 radical (unpaired) electrons. The molecule has 0 spiro atoms. The number of carbonyl (C=O) groups excluding carboxylic acids is 1. The van der Waals surface area contributed by atoms with Crippen molar-refractivity contribution < 1.29 is 19.2 Å². The first-order valence-electron chi connectivity index (χ1n) is 10.0. The molecule has 1 amide bonds. The molecule has 1 aliphatic heterocycles. The average molecular weight is 539 g/mol. The van der Waals surface area contributed by atoms with Crippen molar-refractivity contribution in [1.29, 1.82) is 0 Å². The van der Waals surface area contributed by atoms with Crippen molar-refractivity contribution in [2.24, 2.45) is 5.10 Å². The third-order valence-electron chi connectivity index (χ3n) is 4.94. The van der Waals surface area contributed by atoms with Crippen molar-refractivity contribution in [1.82, 2.24) is 4.98 Å². The number of hydrazone groups is 1. The Kier molecular flexibility index (Phi) is 5.95. The van der Waals surface area contributed by atoms with Crippen molar-refractivity contribution in [2.45, 2.75) is 6.10 Å². The molecule has 0 bridgehead atoms. The molecule has 0 saturated carbocycles. The second-order valence-corrected chi connectivity index (χ2v) is 9.14. The summed E-state index contributed by atoms with van der Waals surface area (Å²) in [4.78, 5) is 28.5. The Morgan fingerprint density at radius 3 is 2.71 bits per heavy atom. The normalized spacial score (nSPS) is 14.9. The lowest BCUT2D eigenvalue weighted by Gasteiger charge is -2.27. The molecule has 1 unspecified atom stereocenters. The first-order valence-corrected chi connectivity index (χ1v) is 11.7. The third-order valence-corrected chi connectivity index (χ3v) is 6.43. The van der Waals surface area contributed by atoms with Gasteiger partial charge in [0.25, 0.3) is 11.6 Å². The largest absolute Gasteiger partial charge is 0.485 e. The summed E-state index contributed by atoms with van der Waals surface area (Å²) in [5.74, 6) is 0.586. The second kappa shape index (κ2) is 9.20. The predicted octanol–water partition coefficient (Wildman–Crippen LogP) is 5.17. The lowest BCUT2D eigenvalue weighted by atomic mass is 10.2. The number of para-hydroxylation sites is 2.